The molecule has 0 radical (unpaired) electrons. The van der Waals surface area contributed by atoms with Gasteiger partial charge in [0.05, 0.1) is 18.0 Å². The minimum atomic E-state index is -0.599. The molecule has 3 aromatic heterocycles. The Labute approximate surface area is 216 Å². The molecule has 1 saturated heterocycles. The van der Waals surface area contributed by atoms with Crippen molar-refractivity contribution in [1.82, 2.24) is 24.4 Å². The predicted octanol–water partition coefficient (Wildman–Crippen LogP) is 3.66. The molecule has 0 spiro atoms. The van der Waals surface area contributed by atoms with Crippen molar-refractivity contribution < 1.29 is 14.3 Å². The molecule has 11 heteroatoms. The van der Waals surface area contributed by atoms with E-state index in [2.05, 4.69) is 36.2 Å². The van der Waals surface area contributed by atoms with Crippen molar-refractivity contribution in [2.45, 2.75) is 45.3 Å². The molecule has 2 atom stereocenters. The highest BCUT2D eigenvalue weighted by atomic mass is 79.9. The highest BCUT2D eigenvalue weighted by Gasteiger charge is 2.39. The number of fused-ring (bicyclic) bond motifs is 3. The van der Waals surface area contributed by atoms with E-state index in [-0.39, 0.29) is 24.4 Å². The van der Waals surface area contributed by atoms with Gasteiger partial charge in [-0.3, -0.25) is 9.59 Å². The summed E-state index contributed by atoms with van der Waals surface area (Å²) >= 11 is 3.31. The number of nitrogens with one attached hydrogen (secondary N) is 1. The van der Waals surface area contributed by atoms with E-state index in [0.717, 1.165) is 22.9 Å². The van der Waals surface area contributed by atoms with E-state index in [1.54, 1.807) is 30.2 Å². The summed E-state index contributed by atoms with van der Waals surface area (Å²) in [4.78, 5) is 41.4. The van der Waals surface area contributed by atoms with Crippen LogP contribution in [0.2, 0.25) is 0 Å². The molecule has 5 rings (SSSR count). The zero-order valence-electron chi connectivity index (χ0n) is 20.2. The van der Waals surface area contributed by atoms with E-state index in [1.807, 2.05) is 30.5 Å². The van der Waals surface area contributed by atoms with Crippen molar-refractivity contribution in [3.8, 4) is 5.75 Å². The summed E-state index contributed by atoms with van der Waals surface area (Å²) in [6.07, 6.45) is 2.69. The lowest BCUT2D eigenvalue weighted by molar-refractivity contribution is -0.138. The number of nitrogen functional groups attached to an aromatic ring is 1. The predicted molar refractivity (Wildman–Crippen MR) is 141 cm³/mol. The second-order valence-corrected chi connectivity index (χ2v) is 9.77. The van der Waals surface area contributed by atoms with Crippen LogP contribution in [0.4, 0.5) is 11.6 Å². The summed E-state index contributed by atoms with van der Waals surface area (Å²) in [6.45, 7) is 3.90. The van der Waals surface area contributed by atoms with Gasteiger partial charge in [0.1, 0.15) is 46.5 Å². The molecule has 4 heterocycles. The highest BCUT2D eigenvalue weighted by Crippen LogP contribution is 2.35. The molecule has 1 aliphatic heterocycles. The van der Waals surface area contributed by atoms with E-state index < -0.39 is 6.04 Å². The number of carbonyl (C=O) groups excluding carboxylic acids is 2. The lowest BCUT2D eigenvalue weighted by atomic mass is 10.1. The van der Waals surface area contributed by atoms with Crippen LogP contribution in [0.3, 0.4) is 0 Å². The first-order valence-corrected chi connectivity index (χ1v) is 12.4. The number of benzene rings is 1. The highest BCUT2D eigenvalue weighted by molar-refractivity contribution is 9.10. The zero-order chi connectivity index (χ0) is 25.6. The number of anilines is 2. The number of pyridine rings is 1. The fourth-order valence-corrected chi connectivity index (χ4v) is 5.36. The van der Waals surface area contributed by atoms with Crippen molar-refractivity contribution in [1.29, 1.82) is 0 Å². The summed E-state index contributed by atoms with van der Waals surface area (Å²) in [5, 5.41) is 4.38. The Kier molecular flexibility index (Phi) is 6.25. The van der Waals surface area contributed by atoms with Gasteiger partial charge >= 0.3 is 0 Å². The van der Waals surface area contributed by atoms with Gasteiger partial charge in [-0.25, -0.2) is 15.0 Å². The van der Waals surface area contributed by atoms with Crippen LogP contribution in [0.25, 0.3) is 21.9 Å². The summed E-state index contributed by atoms with van der Waals surface area (Å²) in [5.74, 6) is 1.02. The van der Waals surface area contributed by atoms with Crippen molar-refractivity contribution in [3.05, 3.63) is 46.8 Å². The van der Waals surface area contributed by atoms with E-state index in [4.69, 9.17) is 10.5 Å². The molecular formula is C25H26BrN7O3. The first-order valence-electron chi connectivity index (χ1n) is 11.6. The van der Waals surface area contributed by atoms with Gasteiger partial charge in [-0.15, -0.1) is 0 Å². The standard InChI is InChI=1S/C25H26BrN7O3/c1-13-9-15-17(10-18(13)36-3)32(24-22(15)23(27)28-12-29-24)11-21(34)33-14(2)7-8-16(33)25(35)31-20-6-4-5-19(26)30-20/h4-6,9-10,12,14,16H,7-8,11H2,1-3H3,(H2,27,28,29)(H,30,31,35)/t14-,16+/m1/s1. The molecule has 1 aliphatic rings. The summed E-state index contributed by atoms with van der Waals surface area (Å²) in [5.41, 5.74) is 8.48. The quantitative estimate of drug-likeness (QED) is 0.362. The molecule has 186 valence electrons. The van der Waals surface area contributed by atoms with Gasteiger partial charge in [-0.2, -0.15) is 0 Å². The zero-order valence-corrected chi connectivity index (χ0v) is 21.7. The average Bonchev–Trinajstić information content (AvgIpc) is 3.37. The van der Waals surface area contributed by atoms with Crippen LogP contribution in [-0.4, -0.2) is 55.4 Å². The third kappa shape index (κ3) is 4.13. The number of carbonyl (C=O) groups is 2. The Balaban J connectivity index is 1.50. The fraction of sp³-hybridized carbons (Fsp3) is 0.320. The molecule has 0 unspecified atom stereocenters. The van der Waals surface area contributed by atoms with Crippen LogP contribution in [0, 0.1) is 6.92 Å². The third-order valence-electron chi connectivity index (χ3n) is 6.70. The molecule has 3 N–H and O–H groups in total. The molecule has 36 heavy (non-hydrogen) atoms. The number of nitrogens with zero attached hydrogens (tertiary/aromatic N) is 5. The number of aryl methyl sites for hydroxylation is 1. The second-order valence-electron chi connectivity index (χ2n) is 8.96. The van der Waals surface area contributed by atoms with Gasteiger partial charge < -0.3 is 25.3 Å². The topological polar surface area (TPSA) is 128 Å². The molecule has 1 aromatic carbocycles. The van der Waals surface area contributed by atoms with Gasteiger partial charge in [0.25, 0.3) is 0 Å². The number of hydrogen-bond acceptors (Lipinski definition) is 7. The number of amides is 2. The van der Waals surface area contributed by atoms with Crippen molar-refractivity contribution in [3.63, 3.8) is 0 Å². The molecule has 2 amide bonds. The average molecular weight is 552 g/mol. The largest absolute Gasteiger partial charge is 0.496 e. The third-order valence-corrected chi connectivity index (χ3v) is 7.15. The SMILES string of the molecule is COc1cc2c(cc1C)c1c(N)ncnc1n2CC(=O)N1[C@H](C)CC[C@H]1C(=O)Nc1cccc(Br)n1. The van der Waals surface area contributed by atoms with Crippen LogP contribution in [-0.2, 0) is 16.1 Å². The van der Waals surface area contributed by atoms with E-state index >= 15 is 0 Å². The number of rotatable bonds is 5. The van der Waals surface area contributed by atoms with Gasteiger partial charge in [0.2, 0.25) is 11.8 Å². The molecule has 10 nitrogen and oxygen atoms in total. The number of hydrogen-bond donors (Lipinski definition) is 2. The van der Waals surface area contributed by atoms with Gasteiger partial charge in [-0.05, 0) is 66.4 Å². The first-order chi connectivity index (χ1) is 17.3. The smallest absolute Gasteiger partial charge is 0.248 e. The van der Waals surface area contributed by atoms with Gasteiger partial charge in [-0.1, -0.05) is 6.07 Å². The lowest BCUT2D eigenvalue weighted by Gasteiger charge is -2.28. The fourth-order valence-electron chi connectivity index (χ4n) is 5.01. The molecule has 4 aromatic rings. The van der Waals surface area contributed by atoms with Crippen LogP contribution in [0.5, 0.6) is 5.75 Å². The van der Waals surface area contributed by atoms with E-state index in [1.165, 1.54) is 6.33 Å². The summed E-state index contributed by atoms with van der Waals surface area (Å²) in [7, 11) is 1.61. The first kappa shape index (κ1) is 24.0. The lowest BCUT2D eigenvalue weighted by Crippen LogP contribution is -2.47. The summed E-state index contributed by atoms with van der Waals surface area (Å²) < 4.78 is 7.97. The molecule has 0 bridgehead atoms. The maximum Gasteiger partial charge on any atom is 0.248 e. The number of halogens is 1. The Hall–Kier alpha value is -3.73. The van der Waals surface area contributed by atoms with Crippen molar-refractivity contribution >= 4 is 61.3 Å². The van der Waals surface area contributed by atoms with E-state index in [9.17, 15) is 9.59 Å². The van der Waals surface area contributed by atoms with Gasteiger partial charge in [0.15, 0.2) is 0 Å². The van der Waals surface area contributed by atoms with Crippen LogP contribution in [0.15, 0.2) is 41.3 Å². The Bertz CT molecular complexity index is 1500. The molecular weight excluding hydrogens is 526 g/mol. The normalized spacial score (nSPS) is 17.6. The van der Waals surface area contributed by atoms with Crippen LogP contribution in [0.1, 0.15) is 25.3 Å². The Morgan fingerprint density at radius 2 is 2.06 bits per heavy atom. The number of likely N-dealkylation sites (tertiary alicyclic amines) is 1. The van der Waals surface area contributed by atoms with Crippen molar-refractivity contribution in [2.75, 3.05) is 18.2 Å². The molecule has 1 fully saturated rings. The maximum absolute atomic E-state index is 13.7. The van der Waals surface area contributed by atoms with Crippen LogP contribution < -0.4 is 15.8 Å². The monoisotopic (exact) mass is 551 g/mol. The second kappa shape index (κ2) is 9.38. The number of aromatic nitrogens is 4. The minimum absolute atomic E-state index is 0.00801. The Morgan fingerprint density at radius 3 is 2.81 bits per heavy atom. The minimum Gasteiger partial charge on any atom is -0.496 e. The van der Waals surface area contributed by atoms with Crippen molar-refractivity contribution in [2.24, 2.45) is 0 Å². The summed E-state index contributed by atoms with van der Waals surface area (Å²) in [6, 6.07) is 8.45. The Morgan fingerprint density at radius 1 is 1.25 bits per heavy atom. The molecule has 0 saturated carbocycles. The number of ether oxygens (including phenoxy) is 1. The van der Waals surface area contributed by atoms with Gasteiger partial charge in [0, 0.05) is 17.5 Å². The maximum atomic E-state index is 13.7. The van der Waals surface area contributed by atoms with Crippen LogP contribution >= 0.6 is 15.9 Å². The number of methoxy groups -OCH3 is 1. The molecule has 0 aliphatic carbocycles. The van der Waals surface area contributed by atoms with E-state index in [0.29, 0.717) is 39.4 Å². The number of nitrogens with two attached hydrogens (primary N) is 1.